The fourth-order valence-electron chi connectivity index (χ4n) is 2.09. The zero-order valence-corrected chi connectivity index (χ0v) is 12.4. The molecule has 0 radical (unpaired) electrons. The van der Waals surface area contributed by atoms with Gasteiger partial charge in [-0.15, -0.1) is 0 Å². The van der Waals surface area contributed by atoms with E-state index in [9.17, 15) is 4.79 Å². The Labute approximate surface area is 126 Å². The summed E-state index contributed by atoms with van der Waals surface area (Å²) in [4.78, 5) is 16.2. The van der Waals surface area contributed by atoms with Crippen LogP contribution in [0.5, 0.6) is 5.75 Å². The molecule has 2 rings (SSSR count). The molecule has 0 unspecified atom stereocenters. The molecule has 1 heterocycles. The molecule has 0 aliphatic heterocycles. The van der Waals surface area contributed by atoms with Gasteiger partial charge in [0.15, 0.2) is 5.78 Å². The van der Waals surface area contributed by atoms with Crippen LogP contribution in [0.3, 0.4) is 0 Å². The quantitative estimate of drug-likeness (QED) is 0.536. The zero-order valence-electron chi connectivity index (χ0n) is 12.4. The predicted octanol–water partition coefficient (Wildman–Crippen LogP) is 4.27. The van der Waals surface area contributed by atoms with Gasteiger partial charge in [-0.3, -0.25) is 9.78 Å². The van der Waals surface area contributed by atoms with Crippen molar-refractivity contribution < 1.29 is 9.53 Å². The topological polar surface area (TPSA) is 39.2 Å². The molecular weight excluding hydrogens is 262 g/mol. The summed E-state index contributed by atoms with van der Waals surface area (Å²) in [5, 5.41) is 0. The van der Waals surface area contributed by atoms with E-state index in [1.54, 1.807) is 36.7 Å². The molecule has 3 nitrogen and oxygen atoms in total. The van der Waals surface area contributed by atoms with Crippen LogP contribution in [0.1, 0.15) is 48.5 Å². The van der Waals surface area contributed by atoms with Gasteiger partial charge in [0.05, 0.1) is 6.61 Å². The molecule has 0 N–H and O–H groups in total. The Hall–Kier alpha value is -2.16. The maximum absolute atomic E-state index is 12.2. The van der Waals surface area contributed by atoms with Crippen molar-refractivity contribution >= 4 is 5.78 Å². The van der Waals surface area contributed by atoms with Gasteiger partial charge in [-0.2, -0.15) is 0 Å². The highest BCUT2D eigenvalue weighted by Gasteiger charge is 2.08. The molecule has 0 atom stereocenters. The van der Waals surface area contributed by atoms with Crippen LogP contribution in [0.15, 0.2) is 48.8 Å². The van der Waals surface area contributed by atoms with Crippen LogP contribution in [0, 0.1) is 0 Å². The van der Waals surface area contributed by atoms with Crippen LogP contribution in [0.25, 0.3) is 0 Å². The number of aromatic nitrogens is 1. The van der Waals surface area contributed by atoms with Gasteiger partial charge in [-0.1, -0.05) is 26.2 Å². The third-order valence-electron chi connectivity index (χ3n) is 3.31. The fraction of sp³-hybridized carbons (Fsp3) is 0.333. The molecule has 21 heavy (non-hydrogen) atoms. The summed E-state index contributed by atoms with van der Waals surface area (Å²) >= 11 is 0. The molecule has 1 aromatic carbocycles. The summed E-state index contributed by atoms with van der Waals surface area (Å²) in [6, 6.07) is 10.8. The summed E-state index contributed by atoms with van der Waals surface area (Å²) in [6.45, 7) is 2.93. The van der Waals surface area contributed by atoms with Crippen molar-refractivity contribution in [2.75, 3.05) is 6.61 Å². The molecule has 110 valence electrons. The van der Waals surface area contributed by atoms with Crippen molar-refractivity contribution in [3.63, 3.8) is 0 Å². The third kappa shape index (κ3) is 4.71. The number of hydrogen-bond acceptors (Lipinski definition) is 3. The highest BCUT2D eigenvalue weighted by molar-refractivity contribution is 6.08. The minimum atomic E-state index is -0.0161. The van der Waals surface area contributed by atoms with Crippen molar-refractivity contribution in [1.82, 2.24) is 4.98 Å². The van der Waals surface area contributed by atoms with E-state index in [0.717, 1.165) is 18.8 Å². The molecule has 0 aliphatic rings. The molecule has 0 saturated carbocycles. The fourth-order valence-corrected chi connectivity index (χ4v) is 2.09. The van der Waals surface area contributed by atoms with Crippen molar-refractivity contribution in [1.29, 1.82) is 0 Å². The highest BCUT2D eigenvalue weighted by atomic mass is 16.5. The zero-order chi connectivity index (χ0) is 14.9. The average Bonchev–Trinajstić information content (AvgIpc) is 2.55. The van der Waals surface area contributed by atoms with Gasteiger partial charge in [-0.25, -0.2) is 0 Å². The van der Waals surface area contributed by atoms with Crippen LogP contribution in [-0.4, -0.2) is 17.4 Å². The van der Waals surface area contributed by atoms with Gasteiger partial charge in [-0.05, 0) is 42.8 Å². The van der Waals surface area contributed by atoms with Crippen LogP contribution in [0.4, 0.5) is 0 Å². The van der Waals surface area contributed by atoms with Crippen LogP contribution >= 0.6 is 0 Å². The van der Waals surface area contributed by atoms with Gasteiger partial charge < -0.3 is 4.74 Å². The third-order valence-corrected chi connectivity index (χ3v) is 3.31. The number of unbranched alkanes of at least 4 members (excludes halogenated alkanes) is 3. The molecule has 0 aliphatic carbocycles. The minimum Gasteiger partial charge on any atom is -0.494 e. The second-order valence-corrected chi connectivity index (χ2v) is 5.00. The minimum absolute atomic E-state index is 0.0161. The van der Waals surface area contributed by atoms with Crippen molar-refractivity contribution in [3.05, 3.63) is 59.9 Å². The van der Waals surface area contributed by atoms with Gasteiger partial charge in [0, 0.05) is 23.5 Å². The lowest BCUT2D eigenvalue weighted by Crippen LogP contribution is -2.02. The second-order valence-electron chi connectivity index (χ2n) is 5.00. The van der Waals surface area contributed by atoms with Crippen molar-refractivity contribution in [3.8, 4) is 5.75 Å². The first-order valence-electron chi connectivity index (χ1n) is 7.49. The average molecular weight is 283 g/mol. The van der Waals surface area contributed by atoms with E-state index in [-0.39, 0.29) is 5.78 Å². The van der Waals surface area contributed by atoms with E-state index >= 15 is 0 Å². The highest BCUT2D eigenvalue weighted by Crippen LogP contribution is 2.15. The summed E-state index contributed by atoms with van der Waals surface area (Å²) in [6.07, 6.45) is 8.00. The smallest absolute Gasteiger partial charge is 0.194 e. The van der Waals surface area contributed by atoms with E-state index in [1.165, 1.54) is 19.3 Å². The molecule has 0 bridgehead atoms. The number of carbonyl (C=O) groups is 1. The normalized spacial score (nSPS) is 10.3. The number of carbonyl (C=O) groups excluding carboxylic acids is 1. The van der Waals surface area contributed by atoms with Crippen LogP contribution in [-0.2, 0) is 0 Å². The Kier molecular flexibility index (Phi) is 5.95. The standard InChI is InChI=1S/C18H21NO2/c1-2-3-4-5-13-21-17-10-8-15(9-11-17)18(20)16-7-6-12-19-14-16/h6-12,14H,2-5,13H2,1H3. The van der Waals surface area contributed by atoms with Gasteiger partial charge >= 0.3 is 0 Å². The lowest BCUT2D eigenvalue weighted by atomic mass is 10.1. The Morgan fingerprint density at radius 3 is 2.52 bits per heavy atom. The largest absolute Gasteiger partial charge is 0.494 e. The number of hydrogen-bond donors (Lipinski definition) is 0. The number of pyridine rings is 1. The van der Waals surface area contributed by atoms with Crippen LogP contribution in [0.2, 0.25) is 0 Å². The Morgan fingerprint density at radius 2 is 1.86 bits per heavy atom. The number of ketones is 1. The maximum Gasteiger partial charge on any atom is 0.194 e. The van der Waals surface area contributed by atoms with E-state index < -0.39 is 0 Å². The molecular formula is C18H21NO2. The number of benzene rings is 1. The Balaban J connectivity index is 1.88. The summed E-state index contributed by atoms with van der Waals surface area (Å²) in [5.41, 5.74) is 1.26. The first kappa shape index (κ1) is 15.2. The molecule has 3 heteroatoms. The van der Waals surface area contributed by atoms with Crippen LogP contribution < -0.4 is 4.74 Å². The first-order chi connectivity index (χ1) is 10.3. The van der Waals surface area contributed by atoms with Gasteiger partial charge in [0.2, 0.25) is 0 Å². The van der Waals surface area contributed by atoms with E-state index in [4.69, 9.17) is 4.74 Å². The van der Waals surface area contributed by atoms with Gasteiger partial charge in [0.25, 0.3) is 0 Å². The summed E-state index contributed by atoms with van der Waals surface area (Å²) in [7, 11) is 0. The molecule has 0 amide bonds. The summed E-state index contributed by atoms with van der Waals surface area (Å²) in [5.74, 6) is 0.798. The van der Waals surface area contributed by atoms with E-state index in [0.29, 0.717) is 11.1 Å². The summed E-state index contributed by atoms with van der Waals surface area (Å²) < 4.78 is 5.67. The number of ether oxygens (including phenoxy) is 1. The molecule has 0 spiro atoms. The predicted molar refractivity (Wildman–Crippen MR) is 83.7 cm³/mol. The maximum atomic E-state index is 12.2. The Bertz CT molecular complexity index is 549. The lowest BCUT2D eigenvalue weighted by molar-refractivity contribution is 0.103. The first-order valence-corrected chi connectivity index (χ1v) is 7.49. The van der Waals surface area contributed by atoms with Gasteiger partial charge in [0.1, 0.15) is 5.75 Å². The monoisotopic (exact) mass is 283 g/mol. The molecule has 0 saturated heterocycles. The van der Waals surface area contributed by atoms with Crippen molar-refractivity contribution in [2.24, 2.45) is 0 Å². The lowest BCUT2D eigenvalue weighted by Gasteiger charge is -2.07. The second kappa shape index (κ2) is 8.20. The number of nitrogens with zero attached hydrogens (tertiary/aromatic N) is 1. The molecule has 1 aromatic heterocycles. The molecule has 0 fully saturated rings. The SMILES string of the molecule is CCCCCCOc1ccc(C(=O)c2cccnc2)cc1. The molecule has 2 aromatic rings. The van der Waals surface area contributed by atoms with E-state index in [1.807, 2.05) is 12.1 Å². The Morgan fingerprint density at radius 1 is 1.05 bits per heavy atom. The van der Waals surface area contributed by atoms with Crippen molar-refractivity contribution in [2.45, 2.75) is 32.6 Å². The number of rotatable bonds is 8. The van der Waals surface area contributed by atoms with E-state index in [2.05, 4.69) is 11.9 Å².